The van der Waals surface area contributed by atoms with Gasteiger partial charge in [0.25, 0.3) is 0 Å². The summed E-state index contributed by atoms with van der Waals surface area (Å²) in [4.78, 5) is 9.88. The lowest BCUT2D eigenvalue weighted by Gasteiger charge is -1.80. The van der Waals surface area contributed by atoms with Crippen LogP contribution >= 0.6 is 0 Å². The monoisotopic (exact) mass is 148 g/mol. The van der Waals surface area contributed by atoms with Crippen LogP contribution in [0.2, 0.25) is 0 Å². The molecule has 0 saturated carbocycles. The third kappa shape index (κ3) is 48.5. The molecule has 0 bridgehead atoms. The van der Waals surface area contributed by atoms with Crippen LogP contribution in [-0.4, -0.2) is 17.5 Å². The minimum absolute atomic E-state index is 0. The molecular weight excluding hydrogens is 128 g/mol. The zero-order valence-corrected chi connectivity index (χ0v) is 7.35. The number of ketones is 1. The fourth-order valence-corrected chi connectivity index (χ4v) is 0.157. The van der Waals surface area contributed by atoms with E-state index in [1.54, 1.807) is 0 Å². The summed E-state index contributed by atoms with van der Waals surface area (Å²) in [7, 11) is 0. The Morgan fingerprint density at radius 1 is 1.50 bits per heavy atom. The van der Waals surface area contributed by atoms with Crippen LogP contribution in [0.5, 0.6) is 0 Å². The summed E-state index contributed by atoms with van der Waals surface area (Å²) in [5, 5.41) is 8.02. The van der Waals surface area contributed by atoms with Crippen LogP contribution in [0.1, 0.15) is 35.5 Å². The number of rotatable bonds is 2. The van der Waals surface area contributed by atoms with Crippen LogP contribution in [0.3, 0.4) is 0 Å². The van der Waals surface area contributed by atoms with Crippen LogP contribution in [0.25, 0.3) is 0 Å². The van der Waals surface area contributed by atoms with Crippen molar-refractivity contribution >= 4 is 5.78 Å². The zero-order valence-electron chi connectivity index (χ0n) is 7.35. The molecule has 0 saturated heterocycles. The normalized spacial score (nSPS) is 8.60. The Bertz CT molecular complexity index is 79.4. The van der Waals surface area contributed by atoms with Gasteiger partial charge in [-0.05, 0) is 12.8 Å². The standard InChI is InChI=1S/C4H8O2.C4H10.H2/c1-4(6)2-3-5;1-4(2)3;/h5H,2-3H2,1H3;4H,1-3H3;1H. The number of aliphatic hydroxyl groups is 1. The third-order valence-electron chi connectivity index (χ3n) is 0.464. The summed E-state index contributed by atoms with van der Waals surface area (Å²) in [6.07, 6.45) is 0.292. The molecule has 0 heterocycles. The molecule has 0 spiro atoms. The molecule has 0 amide bonds. The van der Waals surface area contributed by atoms with E-state index in [1.165, 1.54) is 6.92 Å². The maximum atomic E-state index is 9.88. The molecule has 0 aromatic heterocycles. The second-order valence-electron chi connectivity index (χ2n) is 2.91. The van der Waals surface area contributed by atoms with Crippen LogP contribution in [0.4, 0.5) is 0 Å². The van der Waals surface area contributed by atoms with Crippen LogP contribution < -0.4 is 0 Å². The van der Waals surface area contributed by atoms with Crippen molar-refractivity contribution in [1.29, 1.82) is 0 Å². The van der Waals surface area contributed by atoms with Crippen LogP contribution in [0.15, 0.2) is 0 Å². The van der Waals surface area contributed by atoms with Crippen molar-refractivity contribution in [3.63, 3.8) is 0 Å². The maximum absolute atomic E-state index is 9.88. The molecule has 0 aliphatic heterocycles. The predicted octanol–water partition coefficient (Wildman–Crippen LogP) is 1.87. The topological polar surface area (TPSA) is 37.3 Å². The zero-order chi connectivity index (χ0) is 8.57. The summed E-state index contributed by atoms with van der Waals surface area (Å²) < 4.78 is 0. The molecule has 64 valence electrons. The number of Topliss-reactive ketones (excluding diaryl/α,β-unsaturated/α-hetero) is 1. The van der Waals surface area contributed by atoms with E-state index in [1.807, 2.05) is 0 Å². The Kier molecular flexibility index (Phi) is 10.6. The van der Waals surface area contributed by atoms with Crippen molar-refractivity contribution < 1.29 is 11.3 Å². The lowest BCUT2D eigenvalue weighted by Crippen LogP contribution is -1.92. The molecule has 0 unspecified atom stereocenters. The lowest BCUT2D eigenvalue weighted by atomic mass is 10.3. The minimum atomic E-state index is -0.0185. The number of aliphatic hydroxyl groups excluding tert-OH is 1. The minimum Gasteiger partial charge on any atom is -0.396 e. The molecule has 10 heavy (non-hydrogen) atoms. The van der Waals surface area contributed by atoms with Gasteiger partial charge in [0.2, 0.25) is 0 Å². The van der Waals surface area contributed by atoms with Gasteiger partial charge in [-0.3, -0.25) is 4.79 Å². The molecule has 2 nitrogen and oxygen atoms in total. The van der Waals surface area contributed by atoms with Gasteiger partial charge in [-0.25, -0.2) is 0 Å². The van der Waals surface area contributed by atoms with E-state index in [0.29, 0.717) is 6.42 Å². The molecule has 2 heteroatoms. The first-order valence-corrected chi connectivity index (χ1v) is 3.61. The Labute approximate surface area is 64.7 Å². The highest BCUT2D eigenvalue weighted by Crippen LogP contribution is 1.81. The van der Waals surface area contributed by atoms with Gasteiger partial charge in [0.15, 0.2) is 0 Å². The molecule has 0 aromatic carbocycles. The Balaban J connectivity index is -0.000000114. The third-order valence-corrected chi connectivity index (χ3v) is 0.464. The van der Waals surface area contributed by atoms with Gasteiger partial charge in [0.1, 0.15) is 5.78 Å². The summed E-state index contributed by atoms with van der Waals surface area (Å²) >= 11 is 0. The lowest BCUT2D eigenvalue weighted by molar-refractivity contribution is -0.117. The van der Waals surface area contributed by atoms with Crippen molar-refractivity contribution in [1.82, 2.24) is 0 Å². The highest BCUT2D eigenvalue weighted by Gasteiger charge is 1.84. The van der Waals surface area contributed by atoms with Crippen molar-refractivity contribution in [2.45, 2.75) is 34.1 Å². The molecule has 0 rings (SSSR count). The maximum Gasteiger partial charge on any atom is 0.132 e. The second kappa shape index (κ2) is 8.63. The number of hydrogen-bond donors (Lipinski definition) is 1. The van der Waals surface area contributed by atoms with Crippen molar-refractivity contribution in [2.24, 2.45) is 5.92 Å². The number of carbonyl (C=O) groups is 1. The highest BCUT2D eigenvalue weighted by atomic mass is 16.3. The molecule has 0 radical (unpaired) electrons. The largest absolute Gasteiger partial charge is 0.396 e. The summed E-state index contributed by atoms with van der Waals surface area (Å²) in [5.74, 6) is 0.873. The fraction of sp³-hybridized carbons (Fsp3) is 0.875. The first-order chi connectivity index (χ1) is 4.50. The van der Waals surface area contributed by atoms with E-state index in [9.17, 15) is 4.79 Å². The summed E-state index contributed by atoms with van der Waals surface area (Å²) in [6.45, 7) is 7.94. The quantitative estimate of drug-likeness (QED) is 0.649. The number of hydrogen-bond acceptors (Lipinski definition) is 2. The van der Waals surface area contributed by atoms with E-state index < -0.39 is 0 Å². The van der Waals surface area contributed by atoms with Gasteiger partial charge in [-0.1, -0.05) is 20.8 Å². The Morgan fingerprint density at radius 3 is 1.80 bits per heavy atom. The van der Waals surface area contributed by atoms with Gasteiger partial charge >= 0.3 is 0 Å². The van der Waals surface area contributed by atoms with Crippen molar-refractivity contribution in [3.8, 4) is 0 Å². The average molecular weight is 148 g/mol. The molecule has 0 atom stereocenters. The van der Waals surface area contributed by atoms with Crippen molar-refractivity contribution in [2.75, 3.05) is 6.61 Å². The van der Waals surface area contributed by atoms with E-state index in [0.717, 1.165) is 5.92 Å². The van der Waals surface area contributed by atoms with Gasteiger partial charge in [0.05, 0.1) is 0 Å². The second-order valence-corrected chi connectivity index (χ2v) is 2.91. The van der Waals surface area contributed by atoms with Gasteiger partial charge in [-0.15, -0.1) is 0 Å². The summed E-state index contributed by atoms with van der Waals surface area (Å²) in [6, 6.07) is 0. The molecule has 0 aromatic rings. The molecular formula is C8H20O2. The smallest absolute Gasteiger partial charge is 0.132 e. The van der Waals surface area contributed by atoms with E-state index in [2.05, 4.69) is 20.8 Å². The Morgan fingerprint density at radius 2 is 1.80 bits per heavy atom. The predicted molar refractivity (Wildman–Crippen MR) is 45.0 cm³/mol. The SMILES string of the molecule is CC(=O)CCO.CC(C)C.[HH]. The van der Waals surface area contributed by atoms with Crippen molar-refractivity contribution in [3.05, 3.63) is 0 Å². The number of carbonyl (C=O) groups excluding carboxylic acids is 1. The first-order valence-electron chi connectivity index (χ1n) is 3.61. The highest BCUT2D eigenvalue weighted by molar-refractivity contribution is 5.75. The van der Waals surface area contributed by atoms with Gasteiger partial charge in [0, 0.05) is 14.5 Å². The van der Waals surface area contributed by atoms with Crippen LogP contribution in [-0.2, 0) is 4.79 Å². The average Bonchev–Trinajstić information content (AvgIpc) is 1.62. The van der Waals surface area contributed by atoms with Gasteiger partial charge in [-0.2, -0.15) is 0 Å². The molecule has 0 aliphatic rings. The molecule has 1 N–H and O–H groups in total. The van der Waals surface area contributed by atoms with E-state index in [4.69, 9.17) is 5.11 Å². The summed E-state index contributed by atoms with van der Waals surface area (Å²) in [5.41, 5.74) is 0. The first kappa shape index (κ1) is 12.3. The molecule has 0 aliphatic carbocycles. The van der Waals surface area contributed by atoms with Gasteiger partial charge < -0.3 is 5.11 Å². The van der Waals surface area contributed by atoms with E-state index in [-0.39, 0.29) is 13.8 Å². The fourth-order valence-electron chi connectivity index (χ4n) is 0.157. The molecule has 0 fully saturated rings. The van der Waals surface area contributed by atoms with Crippen LogP contribution in [0, 0.1) is 5.92 Å². The Hall–Kier alpha value is -0.370. The van der Waals surface area contributed by atoms with E-state index >= 15 is 0 Å².